The Morgan fingerprint density at radius 1 is 1.38 bits per heavy atom. The van der Waals surface area contributed by atoms with E-state index in [9.17, 15) is 5.26 Å². The van der Waals surface area contributed by atoms with E-state index < -0.39 is 0 Å². The summed E-state index contributed by atoms with van der Waals surface area (Å²) in [5.74, 6) is 0. The Morgan fingerprint density at radius 3 is 2.75 bits per heavy atom. The fourth-order valence-electron chi connectivity index (χ4n) is 2.12. The zero-order valence-corrected chi connectivity index (χ0v) is 10.8. The smallest absolute Gasteiger partial charge is 0.108 e. The molecule has 0 bridgehead atoms. The van der Waals surface area contributed by atoms with Gasteiger partial charge >= 0.3 is 0 Å². The molecule has 0 amide bonds. The predicted molar refractivity (Wildman–Crippen MR) is 66.2 cm³/mol. The Kier molecular flexibility index (Phi) is 5.20. The van der Waals surface area contributed by atoms with Crippen molar-refractivity contribution in [2.75, 3.05) is 47.3 Å². The number of likely N-dealkylation sites (tertiary alicyclic amines) is 1. The molecule has 1 atom stereocenters. The van der Waals surface area contributed by atoms with Crippen LogP contribution in [-0.4, -0.2) is 62.7 Å². The molecule has 1 rings (SSSR count). The lowest BCUT2D eigenvalue weighted by atomic mass is 9.92. The Labute approximate surface area is 99.2 Å². The van der Waals surface area contributed by atoms with Crippen LogP contribution >= 0.6 is 0 Å². The van der Waals surface area contributed by atoms with E-state index in [1.54, 1.807) is 0 Å². The molecule has 0 saturated carbocycles. The van der Waals surface area contributed by atoms with E-state index in [1.807, 2.05) is 0 Å². The summed E-state index contributed by atoms with van der Waals surface area (Å²) in [6.07, 6.45) is 3.02. The quantitative estimate of drug-likeness (QED) is 0.756. The first-order chi connectivity index (χ1) is 7.58. The zero-order valence-electron chi connectivity index (χ0n) is 10.8. The third-order valence-corrected chi connectivity index (χ3v) is 3.30. The van der Waals surface area contributed by atoms with Crippen LogP contribution in [0, 0.1) is 11.3 Å². The van der Waals surface area contributed by atoms with Crippen LogP contribution in [0.3, 0.4) is 0 Å². The zero-order chi connectivity index (χ0) is 12.0. The number of likely N-dealkylation sites (N-methyl/N-ethyl adjacent to an activating group) is 1. The summed E-state index contributed by atoms with van der Waals surface area (Å²) in [5.41, 5.74) is -0.291. The Balaban J connectivity index is 2.46. The highest BCUT2D eigenvalue weighted by molar-refractivity contribution is 5.08. The highest BCUT2D eigenvalue weighted by Crippen LogP contribution is 2.20. The maximum Gasteiger partial charge on any atom is 0.108 e. The molecule has 1 unspecified atom stereocenters. The van der Waals surface area contributed by atoms with E-state index in [-0.39, 0.29) is 5.54 Å². The van der Waals surface area contributed by atoms with Gasteiger partial charge in [-0.2, -0.15) is 5.26 Å². The molecule has 0 aromatic rings. The summed E-state index contributed by atoms with van der Waals surface area (Å²) >= 11 is 0. The van der Waals surface area contributed by atoms with Gasteiger partial charge in [-0.3, -0.25) is 5.32 Å². The minimum Gasteiger partial charge on any atom is -0.308 e. The summed E-state index contributed by atoms with van der Waals surface area (Å²) in [6.45, 7) is 4.00. The summed E-state index contributed by atoms with van der Waals surface area (Å²) in [6, 6.07) is 2.50. The van der Waals surface area contributed by atoms with Crippen molar-refractivity contribution in [3.63, 3.8) is 0 Å². The average molecular weight is 224 g/mol. The molecule has 1 aliphatic heterocycles. The van der Waals surface area contributed by atoms with E-state index in [0.29, 0.717) is 0 Å². The SMILES string of the molecule is CN(C)CCNC1(C#N)CCCN(C)CC1. The van der Waals surface area contributed by atoms with E-state index in [4.69, 9.17) is 0 Å². The molecule has 1 fully saturated rings. The molecule has 1 aliphatic rings. The van der Waals surface area contributed by atoms with Gasteiger partial charge < -0.3 is 9.80 Å². The molecule has 92 valence electrons. The Hall–Kier alpha value is -0.630. The van der Waals surface area contributed by atoms with E-state index in [2.05, 4.69) is 42.3 Å². The first-order valence-electron chi connectivity index (χ1n) is 6.07. The first-order valence-corrected chi connectivity index (χ1v) is 6.07. The minimum absolute atomic E-state index is 0.291. The number of nitrogens with one attached hydrogen (secondary N) is 1. The van der Waals surface area contributed by atoms with Crippen molar-refractivity contribution in [3.05, 3.63) is 0 Å². The van der Waals surface area contributed by atoms with Gasteiger partial charge in [0.25, 0.3) is 0 Å². The van der Waals surface area contributed by atoms with Crippen LogP contribution in [0.25, 0.3) is 0 Å². The minimum atomic E-state index is -0.291. The highest BCUT2D eigenvalue weighted by Gasteiger charge is 2.31. The van der Waals surface area contributed by atoms with Gasteiger partial charge in [-0.15, -0.1) is 0 Å². The van der Waals surface area contributed by atoms with E-state index in [1.165, 1.54) is 0 Å². The first kappa shape index (κ1) is 13.4. The van der Waals surface area contributed by atoms with Crippen molar-refractivity contribution in [1.29, 1.82) is 5.26 Å². The summed E-state index contributed by atoms with van der Waals surface area (Å²) < 4.78 is 0. The molecule has 0 aromatic carbocycles. The maximum absolute atomic E-state index is 9.37. The normalized spacial score (nSPS) is 27.7. The molecule has 0 aliphatic carbocycles. The predicted octanol–water partition coefficient (Wildman–Crippen LogP) is 0.516. The summed E-state index contributed by atoms with van der Waals surface area (Å²) in [5, 5.41) is 12.8. The third-order valence-electron chi connectivity index (χ3n) is 3.30. The second-order valence-corrected chi connectivity index (χ2v) is 5.08. The molecule has 0 radical (unpaired) electrons. The van der Waals surface area contributed by atoms with Crippen molar-refractivity contribution in [2.45, 2.75) is 24.8 Å². The van der Waals surface area contributed by atoms with Crippen LogP contribution in [0.1, 0.15) is 19.3 Å². The fraction of sp³-hybridized carbons (Fsp3) is 0.917. The largest absolute Gasteiger partial charge is 0.308 e. The second-order valence-electron chi connectivity index (χ2n) is 5.08. The van der Waals surface area contributed by atoms with Gasteiger partial charge in [-0.05, 0) is 47.0 Å². The number of hydrogen-bond donors (Lipinski definition) is 1. The lowest BCUT2D eigenvalue weighted by Gasteiger charge is -2.27. The lowest BCUT2D eigenvalue weighted by molar-refractivity contribution is 0.312. The van der Waals surface area contributed by atoms with Gasteiger partial charge in [0.1, 0.15) is 5.54 Å². The van der Waals surface area contributed by atoms with E-state index >= 15 is 0 Å². The van der Waals surface area contributed by atoms with Crippen molar-refractivity contribution < 1.29 is 0 Å². The molecule has 0 spiro atoms. The summed E-state index contributed by atoms with van der Waals surface area (Å²) in [7, 11) is 6.25. The Bertz CT molecular complexity index is 246. The Morgan fingerprint density at radius 2 is 2.12 bits per heavy atom. The molecule has 0 aromatic heterocycles. The standard InChI is InChI=1S/C12H24N4/c1-15(2)10-7-14-12(11-13)5-4-8-16(3)9-6-12/h14H,4-10H2,1-3H3. The van der Waals surface area contributed by atoms with Gasteiger partial charge in [0.2, 0.25) is 0 Å². The third kappa shape index (κ3) is 4.09. The van der Waals surface area contributed by atoms with Crippen LogP contribution in [-0.2, 0) is 0 Å². The molecule has 4 heteroatoms. The maximum atomic E-state index is 9.37. The molecular formula is C12H24N4. The average Bonchev–Trinajstić information content (AvgIpc) is 2.41. The van der Waals surface area contributed by atoms with E-state index in [0.717, 1.165) is 45.4 Å². The number of rotatable bonds is 4. The van der Waals surface area contributed by atoms with Crippen molar-refractivity contribution in [1.82, 2.24) is 15.1 Å². The van der Waals surface area contributed by atoms with Crippen molar-refractivity contribution in [3.8, 4) is 6.07 Å². The van der Waals surface area contributed by atoms with Gasteiger partial charge in [0.15, 0.2) is 0 Å². The number of hydrogen-bond acceptors (Lipinski definition) is 4. The van der Waals surface area contributed by atoms with Crippen molar-refractivity contribution in [2.24, 2.45) is 0 Å². The van der Waals surface area contributed by atoms with Crippen LogP contribution in [0.2, 0.25) is 0 Å². The highest BCUT2D eigenvalue weighted by atomic mass is 15.1. The molecule has 1 heterocycles. The lowest BCUT2D eigenvalue weighted by Crippen LogP contribution is -2.47. The molecular weight excluding hydrogens is 200 g/mol. The fourth-order valence-corrected chi connectivity index (χ4v) is 2.12. The van der Waals surface area contributed by atoms with Gasteiger partial charge in [0.05, 0.1) is 6.07 Å². The monoisotopic (exact) mass is 224 g/mol. The van der Waals surface area contributed by atoms with Crippen LogP contribution in [0.15, 0.2) is 0 Å². The van der Waals surface area contributed by atoms with Crippen LogP contribution < -0.4 is 5.32 Å². The topological polar surface area (TPSA) is 42.3 Å². The van der Waals surface area contributed by atoms with Crippen LogP contribution in [0.4, 0.5) is 0 Å². The van der Waals surface area contributed by atoms with Crippen LogP contribution in [0.5, 0.6) is 0 Å². The van der Waals surface area contributed by atoms with Gasteiger partial charge in [-0.25, -0.2) is 0 Å². The molecule has 1 saturated heterocycles. The van der Waals surface area contributed by atoms with Gasteiger partial charge in [-0.1, -0.05) is 0 Å². The number of nitriles is 1. The molecule has 4 nitrogen and oxygen atoms in total. The summed E-state index contributed by atoms with van der Waals surface area (Å²) in [4.78, 5) is 4.45. The van der Waals surface area contributed by atoms with Gasteiger partial charge in [0, 0.05) is 19.6 Å². The number of nitrogens with zero attached hydrogens (tertiary/aromatic N) is 3. The second kappa shape index (κ2) is 6.19. The molecule has 1 N–H and O–H groups in total. The molecule has 16 heavy (non-hydrogen) atoms. The van der Waals surface area contributed by atoms with Crippen molar-refractivity contribution >= 4 is 0 Å².